The van der Waals surface area contributed by atoms with Crippen LogP contribution in [0.3, 0.4) is 0 Å². The van der Waals surface area contributed by atoms with E-state index in [1.807, 2.05) is 0 Å². The lowest BCUT2D eigenvalue weighted by Gasteiger charge is -2.13. The smallest absolute Gasteiger partial charge is 0.0548 e. The Morgan fingerprint density at radius 2 is 0.950 bits per heavy atom. The van der Waals surface area contributed by atoms with Crippen LogP contribution in [0.1, 0.15) is 0 Å². The molecule has 4 rings (SSSR count). The average Bonchev–Trinajstić information content (AvgIpc) is 3.19. The first-order chi connectivity index (χ1) is 9.93. The SMILES string of the molecule is c1cc(-n2cccc2)c2c(-n3cccc3)cccc2c1. The molecule has 0 saturated heterocycles. The van der Waals surface area contributed by atoms with Crippen LogP contribution >= 0.6 is 0 Å². The molecule has 2 heterocycles. The number of nitrogens with zero attached hydrogens (tertiary/aromatic N) is 2. The highest BCUT2D eigenvalue weighted by atomic mass is 15.0. The quantitative estimate of drug-likeness (QED) is 0.503. The number of hydrogen-bond acceptors (Lipinski definition) is 0. The van der Waals surface area contributed by atoms with Crippen LogP contribution in [0.4, 0.5) is 0 Å². The molecule has 0 aliphatic heterocycles. The first-order valence-electron chi connectivity index (χ1n) is 6.72. The summed E-state index contributed by atoms with van der Waals surface area (Å²) in [5.41, 5.74) is 2.41. The minimum Gasteiger partial charge on any atom is -0.323 e. The van der Waals surface area contributed by atoms with Gasteiger partial charge in [-0.3, -0.25) is 0 Å². The molecule has 0 aliphatic rings. The lowest BCUT2D eigenvalue weighted by Crippen LogP contribution is -1.97. The average molecular weight is 258 g/mol. The van der Waals surface area contributed by atoms with Crippen molar-refractivity contribution in [3.63, 3.8) is 0 Å². The van der Waals surface area contributed by atoms with Crippen LogP contribution in [0.15, 0.2) is 85.5 Å². The molecule has 0 aliphatic carbocycles. The van der Waals surface area contributed by atoms with Crippen LogP contribution < -0.4 is 0 Å². The molecule has 0 radical (unpaired) electrons. The van der Waals surface area contributed by atoms with Crippen molar-refractivity contribution in [2.45, 2.75) is 0 Å². The van der Waals surface area contributed by atoms with E-state index in [1.165, 1.54) is 22.1 Å². The lowest BCUT2D eigenvalue weighted by atomic mass is 10.1. The molecule has 20 heavy (non-hydrogen) atoms. The van der Waals surface area contributed by atoms with Crippen molar-refractivity contribution in [3.8, 4) is 11.4 Å². The third-order valence-corrected chi connectivity index (χ3v) is 3.63. The van der Waals surface area contributed by atoms with Crippen LogP contribution in [-0.4, -0.2) is 9.13 Å². The molecule has 0 bridgehead atoms. The molecule has 0 fully saturated rings. The van der Waals surface area contributed by atoms with Crippen molar-refractivity contribution < 1.29 is 0 Å². The molecule has 0 N–H and O–H groups in total. The van der Waals surface area contributed by atoms with Crippen molar-refractivity contribution in [2.75, 3.05) is 0 Å². The fourth-order valence-electron chi connectivity index (χ4n) is 2.72. The summed E-state index contributed by atoms with van der Waals surface area (Å²) >= 11 is 0. The summed E-state index contributed by atoms with van der Waals surface area (Å²) < 4.78 is 4.32. The van der Waals surface area contributed by atoms with E-state index in [0.29, 0.717) is 0 Å². The molecular formula is C18H14N2. The Morgan fingerprint density at radius 3 is 1.40 bits per heavy atom. The van der Waals surface area contributed by atoms with Gasteiger partial charge in [-0.1, -0.05) is 24.3 Å². The van der Waals surface area contributed by atoms with Gasteiger partial charge in [0.25, 0.3) is 0 Å². The number of aromatic nitrogens is 2. The summed E-state index contributed by atoms with van der Waals surface area (Å²) in [6, 6.07) is 21.1. The first-order valence-corrected chi connectivity index (χ1v) is 6.72. The van der Waals surface area contributed by atoms with Crippen LogP contribution in [0.2, 0.25) is 0 Å². The number of benzene rings is 2. The third-order valence-electron chi connectivity index (χ3n) is 3.63. The van der Waals surface area contributed by atoms with Crippen molar-refractivity contribution >= 4 is 10.8 Å². The van der Waals surface area contributed by atoms with Crippen molar-refractivity contribution in [1.82, 2.24) is 9.13 Å². The van der Waals surface area contributed by atoms with Gasteiger partial charge < -0.3 is 9.13 Å². The number of rotatable bonds is 2. The Kier molecular flexibility index (Phi) is 2.46. The second-order valence-corrected chi connectivity index (χ2v) is 4.83. The molecule has 2 aromatic carbocycles. The summed E-state index contributed by atoms with van der Waals surface area (Å²) in [5, 5.41) is 2.52. The van der Waals surface area contributed by atoms with E-state index in [0.717, 1.165) is 0 Å². The maximum absolute atomic E-state index is 2.16. The summed E-state index contributed by atoms with van der Waals surface area (Å²) in [7, 11) is 0. The maximum Gasteiger partial charge on any atom is 0.0548 e. The van der Waals surface area contributed by atoms with Gasteiger partial charge in [-0.15, -0.1) is 0 Å². The lowest BCUT2D eigenvalue weighted by molar-refractivity contribution is 1.07. The Bertz CT molecular complexity index is 771. The fraction of sp³-hybridized carbons (Fsp3) is 0. The van der Waals surface area contributed by atoms with E-state index in [4.69, 9.17) is 0 Å². The van der Waals surface area contributed by atoms with Crippen LogP contribution in [0, 0.1) is 0 Å². The molecule has 0 atom stereocenters. The maximum atomic E-state index is 2.16. The van der Waals surface area contributed by atoms with Gasteiger partial charge >= 0.3 is 0 Å². The van der Waals surface area contributed by atoms with Crippen LogP contribution in [0.25, 0.3) is 22.1 Å². The molecular weight excluding hydrogens is 244 g/mol. The van der Waals surface area contributed by atoms with Crippen molar-refractivity contribution in [1.29, 1.82) is 0 Å². The normalized spacial score (nSPS) is 11.0. The molecule has 0 saturated carbocycles. The standard InChI is InChI=1S/C18H14N2/c1-2-12-19(11-1)16-9-5-7-15-8-6-10-17(18(15)16)20-13-3-4-14-20/h1-14H. The zero-order chi connectivity index (χ0) is 13.4. The summed E-state index contributed by atoms with van der Waals surface area (Å²) in [6.07, 6.45) is 8.34. The summed E-state index contributed by atoms with van der Waals surface area (Å²) in [4.78, 5) is 0. The molecule has 2 aromatic heterocycles. The highest BCUT2D eigenvalue weighted by Crippen LogP contribution is 2.28. The minimum atomic E-state index is 1.21. The van der Waals surface area contributed by atoms with Gasteiger partial charge in [-0.2, -0.15) is 0 Å². The third kappa shape index (κ3) is 1.66. The molecule has 0 spiro atoms. The minimum absolute atomic E-state index is 1.21. The van der Waals surface area contributed by atoms with Crippen molar-refractivity contribution in [3.05, 3.63) is 85.5 Å². The predicted molar refractivity (Wildman–Crippen MR) is 82.6 cm³/mol. The largest absolute Gasteiger partial charge is 0.323 e. The van der Waals surface area contributed by atoms with E-state index < -0.39 is 0 Å². The monoisotopic (exact) mass is 258 g/mol. The molecule has 0 amide bonds. The van der Waals surface area contributed by atoms with Gasteiger partial charge in [-0.05, 0) is 41.8 Å². The van der Waals surface area contributed by atoms with E-state index >= 15 is 0 Å². The van der Waals surface area contributed by atoms with E-state index in [1.54, 1.807) is 0 Å². The molecule has 2 heteroatoms. The predicted octanol–water partition coefficient (Wildman–Crippen LogP) is 4.42. The topological polar surface area (TPSA) is 9.86 Å². The van der Waals surface area contributed by atoms with Crippen LogP contribution in [-0.2, 0) is 0 Å². The highest BCUT2D eigenvalue weighted by Gasteiger charge is 2.08. The Labute approximate surface area is 117 Å². The second-order valence-electron chi connectivity index (χ2n) is 4.83. The number of fused-ring (bicyclic) bond motifs is 1. The molecule has 96 valence electrons. The van der Waals surface area contributed by atoms with Gasteiger partial charge in [0.2, 0.25) is 0 Å². The molecule has 2 nitrogen and oxygen atoms in total. The Morgan fingerprint density at radius 1 is 0.500 bits per heavy atom. The van der Waals surface area contributed by atoms with E-state index in [2.05, 4.69) is 94.6 Å². The molecule has 4 aromatic rings. The zero-order valence-electron chi connectivity index (χ0n) is 11.0. The summed E-state index contributed by atoms with van der Waals surface area (Å²) in [5.74, 6) is 0. The van der Waals surface area contributed by atoms with Gasteiger partial charge in [0, 0.05) is 30.2 Å². The van der Waals surface area contributed by atoms with Gasteiger partial charge in [0.05, 0.1) is 11.4 Å². The molecule has 0 unspecified atom stereocenters. The van der Waals surface area contributed by atoms with Crippen molar-refractivity contribution in [2.24, 2.45) is 0 Å². The first kappa shape index (κ1) is 11.1. The zero-order valence-corrected chi connectivity index (χ0v) is 11.0. The Hall–Kier alpha value is -2.74. The fourth-order valence-corrected chi connectivity index (χ4v) is 2.72. The highest BCUT2D eigenvalue weighted by molar-refractivity contribution is 5.97. The van der Waals surface area contributed by atoms with Gasteiger partial charge in [0.1, 0.15) is 0 Å². The summed E-state index contributed by atoms with van der Waals surface area (Å²) in [6.45, 7) is 0. The number of hydrogen-bond donors (Lipinski definition) is 0. The van der Waals surface area contributed by atoms with E-state index in [9.17, 15) is 0 Å². The van der Waals surface area contributed by atoms with E-state index in [-0.39, 0.29) is 0 Å². The second kappa shape index (κ2) is 4.42. The van der Waals surface area contributed by atoms with Gasteiger partial charge in [0.15, 0.2) is 0 Å². The Balaban J connectivity index is 2.11. The van der Waals surface area contributed by atoms with Crippen LogP contribution in [0.5, 0.6) is 0 Å². The van der Waals surface area contributed by atoms with Gasteiger partial charge in [-0.25, -0.2) is 0 Å².